The van der Waals surface area contributed by atoms with Gasteiger partial charge >= 0.3 is 0 Å². The van der Waals surface area contributed by atoms with Gasteiger partial charge in [-0.3, -0.25) is 9.69 Å². The highest BCUT2D eigenvalue weighted by Crippen LogP contribution is 2.13. The van der Waals surface area contributed by atoms with Crippen LogP contribution in [0.1, 0.15) is 28.9 Å². The van der Waals surface area contributed by atoms with Gasteiger partial charge in [-0.15, -0.1) is 0 Å². The molecule has 124 valence electrons. The molecule has 5 nitrogen and oxygen atoms in total. The zero-order valence-corrected chi connectivity index (χ0v) is 13.0. The Labute approximate surface area is 133 Å². The van der Waals surface area contributed by atoms with Gasteiger partial charge in [0.25, 0.3) is 12.3 Å². The van der Waals surface area contributed by atoms with E-state index in [1.54, 1.807) is 11.1 Å². The molecule has 0 unspecified atom stereocenters. The number of fused-ring (bicyclic) bond motifs is 1. The Hall–Kier alpha value is -2.02. The molecule has 0 bridgehead atoms. The molecule has 0 aromatic carbocycles. The van der Waals surface area contributed by atoms with Gasteiger partial charge in [0.1, 0.15) is 11.3 Å². The number of aryl methyl sites for hydroxylation is 1. The van der Waals surface area contributed by atoms with E-state index in [9.17, 15) is 13.6 Å². The number of rotatable bonds is 4. The Morgan fingerprint density at radius 2 is 2.17 bits per heavy atom. The number of piperidine rings is 1. The van der Waals surface area contributed by atoms with Crippen LogP contribution in [0.4, 0.5) is 8.78 Å². The predicted octanol–water partition coefficient (Wildman–Crippen LogP) is 2.10. The van der Waals surface area contributed by atoms with Crippen molar-refractivity contribution in [1.82, 2.24) is 19.6 Å². The molecule has 0 saturated carbocycles. The molecule has 3 rings (SSSR count). The average Bonchev–Trinajstić information content (AvgIpc) is 2.92. The second-order valence-electron chi connectivity index (χ2n) is 6.04. The van der Waals surface area contributed by atoms with Gasteiger partial charge in [0, 0.05) is 31.5 Å². The summed E-state index contributed by atoms with van der Waals surface area (Å²) in [6, 6.07) is 3.89. The lowest BCUT2D eigenvalue weighted by molar-refractivity contribution is 0.0695. The normalized spacial score (nSPS) is 17.0. The lowest BCUT2D eigenvalue weighted by Crippen LogP contribution is -2.45. The third-order valence-electron chi connectivity index (χ3n) is 4.17. The number of carbonyl (C=O) groups is 1. The highest BCUT2D eigenvalue weighted by atomic mass is 19.3. The van der Waals surface area contributed by atoms with Crippen LogP contribution in [0, 0.1) is 6.92 Å². The molecule has 2 aromatic rings. The number of nitrogens with one attached hydrogen (secondary N) is 1. The highest BCUT2D eigenvalue weighted by molar-refractivity contribution is 5.93. The first kappa shape index (κ1) is 15.9. The van der Waals surface area contributed by atoms with Crippen molar-refractivity contribution in [1.29, 1.82) is 0 Å². The van der Waals surface area contributed by atoms with Gasteiger partial charge in [0.2, 0.25) is 0 Å². The van der Waals surface area contributed by atoms with E-state index in [-0.39, 0.29) is 18.5 Å². The summed E-state index contributed by atoms with van der Waals surface area (Å²) >= 11 is 0. The van der Waals surface area contributed by atoms with Crippen LogP contribution in [0.2, 0.25) is 0 Å². The maximum absolute atomic E-state index is 12.4. The van der Waals surface area contributed by atoms with Crippen molar-refractivity contribution in [3.63, 3.8) is 0 Å². The van der Waals surface area contributed by atoms with Crippen LogP contribution in [0.15, 0.2) is 24.5 Å². The molecule has 1 N–H and O–H groups in total. The molecule has 7 heteroatoms. The quantitative estimate of drug-likeness (QED) is 0.938. The SMILES string of the molecule is Cc1ccn2cc(C(=O)NC3CCN(CC(F)F)CC3)nc2c1. The minimum Gasteiger partial charge on any atom is -0.348 e. The fraction of sp³-hybridized carbons (Fsp3) is 0.500. The van der Waals surface area contributed by atoms with Crippen LogP contribution in [0.3, 0.4) is 0 Å². The summed E-state index contributed by atoms with van der Waals surface area (Å²) in [6.45, 7) is 2.95. The van der Waals surface area contributed by atoms with Crippen molar-refractivity contribution in [2.24, 2.45) is 0 Å². The van der Waals surface area contributed by atoms with Gasteiger partial charge in [-0.05, 0) is 37.5 Å². The highest BCUT2D eigenvalue weighted by Gasteiger charge is 2.23. The second kappa shape index (κ2) is 6.62. The van der Waals surface area contributed by atoms with Crippen molar-refractivity contribution in [3.8, 4) is 0 Å². The van der Waals surface area contributed by atoms with E-state index in [0.717, 1.165) is 11.2 Å². The zero-order valence-electron chi connectivity index (χ0n) is 13.0. The molecular weight excluding hydrogens is 302 g/mol. The molecular formula is C16H20F2N4O. The number of halogens is 2. The Balaban J connectivity index is 1.58. The Bertz CT molecular complexity index is 692. The first-order valence-electron chi connectivity index (χ1n) is 7.78. The minimum atomic E-state index is -2.30. The number of hydrogen-bond donors (Lipinski definition) is 1. The monoisotopic (exact) mass is 322 g/mol. The average molecular weight is 322 g/mol. The van der Waals surface area contributed by atoms with Crippen LogP contribution < -0.4 is 5.32 Å². The van der Waals surface area contributed by atoms with E-state index in [1.165, 1.54) is 0 Å². The minimum absolute atomic E-state index is 0.0166. The molecule has 0 spiro atoms. The van der Waals surface area contributed by atoms with Gasteiger partial charge in [0.05, 0.1) is 6.54 Å². The number of nitrogens with zero attached hydrogens (tertiary/aromatic N) is 3. The number of likely N-dealkylation sites (tertiary alicyclic amines) is 1. The topological polar surface area (TPSA) is 49.6 Å². The van der Waals surface area contributed by atoms with Gasteiger partial charge in [-0.1, -0.05) is 0 Å². The van der Waals surface area contributed by atoms with Crippen molar-refractivity contribution in [2.75, 3.05) is 19.6 Å². The van der Waals surface area contributed by atoms with Crippen LogP contribution >= 0.6 is 0 Å². The van der Waals surface area contributed by atoms with E-state index < -0.39 is 6.43 Å². The fourth-order valence-electron chi connectivity index (χ4n) is 2.91. The smallest absolute Gasteiger partial charge is 0.271 e. The summed E-state index contributed by atoms with van der Waals surface area (Å²) in [7, 11) is 0. The van der Waals surface area contributed by atoms with Gasteiger partial charge in [-0.25, -0.2) is 13.8 Å². The number of imidazole rings is 1. The van der Waals surface area contributed by atoms with Crippen LogP contribution in [0.25, 0.3) is 5.65 Å². The number of hydrogen-bond acceptors (Lipinski definition) is 3. The Morgan fingerprint density at radius 1 is 1.43 bits per heavy atom. The van der Waals surface area contributed by atoms with Gasteiger partial charge < -0.3 is 9.72 Å². The summed E-state index contributed by atoms with van der Waals surface area (Å²) in [5.74, 6) is -0.210. The van der Waals surface area contributed by atoms with Crippen molar-refractivity contribution in [2.45, 2.75) is 32.2 Å². The Morgan fingerprint density at radius 3 is 2.87 bits per heavy atom. The molecule has 3 heterocycles. The molecule has 2 aromatic heterocycles. The molecule has 1 aliphatic rings. The predicted molar refractivity (Wildman–Crippen MR) is 82.9 cm³/mol. The summed E-state index contributed by atoms with van der Waals surface area (Å²) in [5.41, 5.74) is 2.20. The van der Waals surface area contributed by atoms with Gasteiger partial charge in [-0.2, -0.15) is 0 Å². The third-order valence-corrected chi connectivity index (χ3v) is 4.17. The largest absolute Gasteiger partial charge is 0.348 e. The van der Waals surface area contributed by atoms with E-state index in [1.807, 2.05) is 29.7 Å². The van der Waals surface area contributed by atoms with E-state index in [2.05, 4.69) is 10.3 Å². The number of alkyl halides is 2. The number of carbonyl (C=O) groups excluding carboxylic acids is 1. The molecule has 0 radical (unpaired) electrons. The number of pyridine rings is 1. The first-order chi connectivity index (χ1) is 11.0. The Kier molecular flexibility index (Phi) is 4.56. The van der Waals surface area contributed by atoms with Crippen molar-refractivity contribution >= 4 is 11.6 Å². The van der Waals surface area contributed by atoms with Gasteiger partial charge in [0.15, 0.2) is 0 Å². The number of amides is 1. The van der Waals surface area contributed by atoms with Crippen LogP contribution in [-0.4, -0.2) is 52.3 Å². The first-order valence-corrected chi connectivity index (χ1v) is 7.78. The summed E-state index contributed by atoms with van der Waals surface area (Å²) in [5, 5.41) is 2.96. The lowest BCUT2D eigenvalue weighted by Gasteiger charge is -2.31. The maximum Gasteiger partial charge on any atom is 0.271 e. The summed E-state index contributed by atoms with van der Waals surface area (Å²) in [6.07, 6.45) is 2.64. The summed E-state index contributed by atoms with van der Waals surface area (Å²) < 4.78 is 26.5. The molecule has 1 aliphatic heterocycles. The molecule has 0 atom stereocenters. The third kappa shape index (κ3) is 3.85. The maximum atomic E-state index is 12.4. The zero-order chi connectivity index (χ0) is 16.4. The standard InChI is InChI=1S/C16H20F2N4O/c1-11-2-7-22-9-13(20-15(22)8-11)16(23)19-12-3-5-21(6-4-12)10-14(17)18/h2,7-9,12,14H,3-6,10H2,1H3,(H,19,23). The van der Waals surface area contributed by atoms with Crippen molar-refractivity contribution in [3.05, 3.63) is 35.8 Å². The lowest BCUT2D eigenvalue weighted by atomic mass is 10.0. The van der Waals surface area contributed by atoms with E-state index in [0.29, 0.717) is 31.6 Å². The second-order valence-corrected chi connectivity index (χ2v) is 6.04. The van der Waals surface area contributed by atoms with E-state index in [4.69, 9.17) is 0 Å². The molecule has 1 saturated heterocycles. The molecule has 1 amide bonds. The molecule has 1 fully saturated rings. The summed E-state index contributed by atoms with van der Waals surface area (Å²) in [4.78, 5) is 18.4. The fourth-order valence-corrected chi connectivity index (χ4v) is 2.91. The molecule has 0 aliphatic carbocycles. The number of aromatic nitrogens is 2. The molecule has 23 heavy (non-hydrogen) atoms. The van der Waals surface area contributed by atoms with Crippen LogP contribution in [-0.2, 0) is 0 Å². The van der Waals surface area contributed by atoms with Crippen molar-refractivity contribution < 1.29 is 13.6 Å². The van der Waals surface area contributed by atoms with Crippen LogP contribution in [0.5, 0.6) is 0 Å². The van der Waals surface area contributed by atoms with E-state index >= 15 is 0 Å².